The van der Waals surface area contributed by atoms with Crippen LogP contribution < -0.4 is 0 Å². The fourth-order valence-electron chi connectivity index (χ4n) is 2.73. The highest BCUT2D eigenvalue weighted by molar-refractivity contribution is 5.39. The van der Waals surface area contributed by atoms with Crippen molar-refractivity contribution in [3.05, 3.63) is 36.3 Å². The molecule has 0 spiro atoms. The molecule has 1 atom stereocenters. The zero-order valence-corrected chi connectivity index (χ0v) is 10.3. The van der Waals surface area contributed by atoms with Crippen molar-refractivity contribution in [2.24, 2.45) is 0 Å². The minimum absolute atomic E-state index is 0.675. The van der Waals surface area contributed by atoms with E-state index in [1.54, 1.807) is 0 Å². The first-order valence-corrected chi connectivity index (χ1v) is 6.46. The SMILES string of the molecule is CN1CCCCC1Cc1cn2ccccc2n1. The molecule has 0 bridgehead atoms. The molecule has 1 unspecified atom stereocenters. The fraction of sp³-hybridized carbons (Fsp3) is 0.500. The summed E-state index contributed by atoms with van der Waals surface area (Å²) in [4.78, 5) is 7.16. The quantitative estimate of drug-likeness (QED) is 0.788. The zero-order chi connectivity index (χ0) is 11.7. The Balaban J connectivity index is 1.79. The average Bonchev–Trinajstić information content (AvgIpc) is 2.74. The first-order valence-electron chi connectivity index (χ1n) is 6.46. The van der Waals surface area contributed by atoms with Crippen LogP contribution in [0.5, 0.6) is 0 Å². The lowest BCUT2D eigenvalue weighted by Crippen LogP contribution is -2.37. The molecule has 2 aromatic heterocycles. The molecule has 3 nitrogen and oxygen atoms in total. The number of likely N-dealkylation sites (N-methyl/N-ethyl adjacent to an activating group) is 1. The maximum absolute atomic E-state index is 4.68. The summed E-state index contributed by atoms with van der Waals surface area (Å²) in [5, 5.41) is 0. The highest BCUT2D eigenvalue weighted by atomic mass is 15.1. The number of pyridine rings is 1. The zero-order valence-electron chi connectivity index (χ0n) is 10.3. The number of aromatic nitrogens is 2. The van der Waals surface area contributed by atoms with E-state index >= 15 is 0 Å². The molecule has 1 aliphatic rings. The maximum Gasteiger partial charge on any atom is 0.136 e. The van der Waals surface area contributed by atoms with E-state index in [2.05, 4.69) is 39.8 Å². The first-order chi connectivity index (χ1) is 8.33. The van der Waals surface area contributed by atoms with Crippen molar-refractivity contribution in [2.45, 2.75) is 31.7 Å². The summed E-state index contributed by atoms with van der Waals surface area (Å²) in [5.41, 5.74) is 2.27. The minimum Gasteiger partial charge on any atom is -0.307 e. The summed E-state index contributed by atoms with van der Waals surface area (Å²) in [6, 6.07) is 6.83. The summed E-state index contributed by atoms with van der Waals surface area (Å²) in [7, 11) is 2.24. The van der Waals surface area contributed by atoms with Crippen molar-refractivity contribution in [2.75, 3.05) is 13.6 Å². The largest absolute Gasteiger partial charge is 0.307 e. The molecular weight excluding hydrogens is 210 g/mol. The van der Waals surface area contributed by atoms with Gasteiger partial charge in [0.05, 0.1) is 5.69 Å². The second kappa shape index (κ2) is 4.49. The van der Waals surface area contributed by atoms with Crippen LogP contribution in [0.25, 0.3) is 5.65 Å². The van der Waals surface area contributed by atoms with Crippen LogP contribution >= 0.6 is 0 Å². The Morgan fingerprint density at radius 3 is 3.12 bits per heavy atom. The highest BCUT2D eigenvalue weighted by Gasteiger charge is 2.20. The standard InChI is InChI=1S/C14H19N3/c1-16-8-4-2-6-13(16)10-12-11-17-9-5-3-7-14(17)15-12/h3,5,7,9,11,13H,2,4,6,8,10H2,1H3. The fourth-order valence-corrected chi connectivity index (χ4v) is 2.73. The Labute approximate surface area is 102 Å². The predicted octanol–water partition coefficient (Wildman–Crippen LogP) is 2.36. The summed E-state index contributed by atoms with van der Waals surface area (Å²) in [6.07, 6.45) is 9.33. The van der Waals surface area contributed by atoms with Crippen LogP contribution in [0, 0.1) is 0 Å². The lowest BCUT2D eigenvalue weighted by Gasteiger charge is -2.31. The summed E-state index contributed by atoms with van der Waals surface area (Å²) < 4.78 is 2.11. The Morgan fingerprint density at radius 2 is 2.29 bits per heavy atom. The number of piperidine rings is 1. The number of imidazole rings is 1. The molecule has 1 fully saturated rings. The van der Waals surface area contributed by atoms with Gasteiger partial charge in [-0.15, -0.1) is 0 Å². The van der Waals surface area contributed by atoms with E-state index in [9.17, 15) is 0 Å². The van der Waals surface area contributed by atoms with Gasteiger partial charge in [0, 0.05) is 24.9 Å². The molecule has 0 N–H and O–H groups in total. The number of hydrogen-bond acceptors (Lipinski definition) is 2. The molecule has 0 aliphatic carbocycles. The van der Waals surface area contributed by atoms with Gasteiger partial charge in [0.25, 0.3) is 0 Å². The monoisotopic (exact) mass is 229 g/mol. The number of rotatable bonds is 2. The second-order valence-electron chi connectivity index (χ2n) is 5.03. The number of fused-ring (bicyclic) bond motifs is 1. The predicted molar refractivity (Wildman–Crippen MR) is 69.2 cm³/mol. The molecular formula is C14H19N3. The van der Waals surface area contributed by atoms with Crippen molar-refractivity contribution in [3.63, 3.8) is 0 Å². The van der Waals surface area contributed by atoms with Gasteiger partial charge in [-0.3, -0.25) is 0 Å². The average molecular weight is 229 g/mol. The van der Waals surface area contributed by atoms with Crippen LogP contribution in [0.1, 0.15) is 25.0 Å². The second-order valence-corrected chi connectivity index (χ2v) is 5.03. The maximum atomic E-state index is 4.68. The third-order valence-electron chi connectivity index (χ3n) is 3.78. The molecule has 3 heteroatoms. The van der Waals surface area contributed by atoms with Gasteiger partial charge in [0.2, 0.25) is 0 Å². The lowest BCUT2D eigenvalue weighted by molar-refractivity contribution is 0.184. The molecule has 0 saturated carbocycles. The summed E-state index contributed by atoms with van der Waals surface area (Å²) >= 11 is 0. The first kappa shape index (κ1) is 10.8. The topological polar surface area (TPSA) is 20.5 Å². The molecule has 1 saturated heterocycles. The molecule has 3 rings (SSSR count). The molecule has 2 aromatic rings. The molecule has 0 amide bonds. The van der Waals surface area contributed by atoms with Gasteiger partial charge in [0.15, 0.2) is 0 Å². The Bertz CT molecular complexity index is 470. The number of likely N-dealkylation sites (tertiary alicyclic amines) is 1. The molecule has 17 heavy (non-hydrogen) atoms. The van der Waals surface area contributed by atoms with E-state index < -0.39 is 0 Å². The Morgan fingerprint density at radius 1 is 1.35 bits per heavy atom. The van der Waals surface area contributed by atoms with Gasteiger partial charge < -0.3 is 9.30 Å². The Kier molecular flexibility index (Phi) is 2.85. The smallest absolute Gasteiger partial charge is 0.136 e. The number of hydrogen-bond donors (Lipinski definition) is 0. The van der Waals surface area contributed by atoms with Crippen LogP contribution in [-0.2, 0) is 6.42 Å². The van der Waals surface area contributed by atoms with Gasteiger partial charge in [-0.25, -0.2) is 4.98 Å². The summed E-state index contributed by atoms with van der Waals surface area (Å²) in [6.45, 7) is 1.23. The van der Waals surface area contributed by atoms with E-state index in [1.165, 1.54) is 31.5 Å². The lowest BCUT2D eigenvalue weighted by atomic mass is 9.99. The van der Waals surface area contributed by atoms with Gasteiger partial charge in [-0.1, -0.05) is 12.5 Å². The number of nitrogens with zero attached hydrogens (tertiary/aromatic N) is 3. The van der Waals surface area contributed by atoms with E-state index in [0.29, 0.717) is 6.04 Å². The van der Waals surface area contributed by atoms with Crippen LogP contribution in [0.15, 0.2) is 30.6 Å². The van der Waals surface area contributed by atoms with Crippen LogP contribution in [0.3, 0.4) is 0 Å². The molecule has 0 aromatic carbocycles. The highest BCUT2D eigenvalue weighted by Crippen LogP contribution is 2.19. The van der Waals surface area contributed by atoms with Crippen LogP contribution in [-0.4, -0.2) is 33.9 Å². The van der Waals surface area contributed by atoms with Gasteiger partial charge >= 0.3 is 0 Å². The van der Waals surface area contributed by atoms with Crippen molar-refractivity contribution < 1.29 is 0 Å². The van der Waals surface area contributed by atoms with E-state index in [1.807, 2.05) is 12.1 Å². The Hall–Kier alpha value is -1.35. The molecule has 90 valence electrons. The van der Waals surface area contributed by atoms with Gasteiger partial charge in [-0.2, -0.15) is 0 Å². The van der Waals surface area contributed by atoms with E-state index in [-0.39, 0.29) is 0 Å². The van der Waals surface area contributed by atoms with E-state index in [0.717, 1.165) is 12.1 Å². The van der Waals surface area contributed by atoms with Gasteiger partial charge in [0.1, 0.15) is 5.65 Å². The normalized spacial score (nSPS) is 22.1. The van der Waals surface area contributed by atoms with Crippen molar-refractivity contribution in [1.29, 1.82) is 0 Å². The van der Waals surface area contributed by atoms with Gasteiger partial charge in [-0.05, 0) is 38.6 Å². The molecule has 1 aliphatic heterocycles. The van der Waals surface area contributed by atoms with Crippen molar-refractivity contribution >= 4 is 5.65 Å². The minimum atomic E-state index is 0.675. The summed E-state index contributed by atoms with van der Waals surface area (Å²) in [5.74, 6) is 0. The van der Waals surface area contributed by atoms with Crippen LogP contribution in [0.4, 0.5) is 0 Å². The molecule has 3 heterocycles. The third-order valence-corrected chi connectivity index (χ3v) is 3.78. The van der Waals surface area contributed by atoms with Crippen molar-refractivity contribution in [1.82, 2.24) is 14.3 Å². The third kappa shape index (κ3) is 2.20. The van der Waals surface area contributed by atoms with E-state index in [4.69, 9.17) is 0 Å². The molecule has 0 radical (unpaired) electrons. The van der Waals surface area contributed by atoms with Crippen LogP contribution in [0.2, 0.25) is 0 Å². The van der Waals surface area contributed by atoms with Crippen molar-refractivity contribution in [3.8, 4) is 0 Å².